The van der Waals surface area contributed by atoms with Gasteiger partial charge >= 0.3 is 0 Å². The van der Waals surface area contributed by atoms with Crippen molar-refractivity contribution in [2.75, 3.05) is 18.0 Å². The summed E-state index contributed by atoms with van der Waals surface area (Å²) in [4.78, 5) is 19.7. The summed E-state index contributed by atoms with van der Waals surface area (Å²) in [7, 11) is 0. The summed E-state index contributed by atoms with van der Waals surface area (Å²) in [5.41, 5.74) is 1.45. The van der Waals surface area contributed by atoms with Gasteiger partial charge in [0.2, 0.25) is 0 Å². The molecule has 3 aromatic heterocycles. The van der Waals surface area contributed by atoms with Crippen molar-refractivity contribution in [1.82, 2.24) is 24.5 Å². The summed E-state index contributed by atoms with van der Waals surface area (Å²) in [5.74, 6) is -1.68. The van der Waals surface area contributed by atoms with E-state index < -0.39 is 5.92 Å². The molecule has 4 rings (SSSR count). The molecule has 1 aliphatic heterocycles. The lowest BCUT2D eigenvalue weighted by Gasteiger charge is -2.22. The number of aromatic nitrogens is 5. The number of hydrogen-bond acceptors (Lipinski definition) is 5. The number of hydrogen-bond donors (Lipinski definition) is 0. The zero-order valence-electron chi connectivity index (χ0n) is 16.0. The largest absolute Gasteiger partial charge is 0.348 e. The molecule has 4 heterocycles. The average Bonchev–Trinajstić information content (AvgIpc) is 3.18. The zero-order valence-corrected chi connectivity index (χ0v) is 16.7. The van der Waals surface area contributed by atoms with E-state index in [0.29, 0.717) is 40.1 Å². The minimum absolute atomic E-state index is 0.187. The van der Waals surface area contributed by atoms with Gasteiger partial charge in [0.1, 0.15) is 5.82 Å². The number of rotatable bonds is 3. The van der Waals surface area contributed by atoms with Crippen molar-refractivity contribution in [3.05, 3.63) is 41.2 Å². The maximum Gasteiger partial charge on any atom is 0.266 e. The Kier molecular flexibility index (Phi) is 4.49. The van der Waals surface area contributed by atoms with Crippen molar-refractivity contribution < 1.29 is 8.78 Å². The van der Waals surface area contributed by atoms with Crippen LogP contribution in [0.25, 0.3) is 11.2 Å². The van der Waals surface area contributed by atoms with Crippen LogP contribution in [0.2, 0.25) is 5.02 Å². The lowest BCUT2D eigenvalue weighted by Crippen LogP contribution is -2.27. The number of halogens is 3. The summed E-state index contributed by atoms with van der Waals surface area (Å²) >= 11 is 6.24. The molecule has 0 atom stereocenters. The van der Waals surface area contributed by atoms with E-state index in [1.54, 1.807) is 29.6 Å². The van der Waals surface area contributed by atoms with E-state index in [2.05, 4.69) is 15.0 Å². The first-order chi connectivity index (χ1) is 13.1. The Morgan fingerprint density at radius 2 is 2.00 bits per heavy atom. The fourth-order valence-corrected chi connectivity index (χ4v) is 3.39. The van der Waals surface area contributed by atoms with Gasteiger partial charge in [-0.25, -0.2) is 23.7 Å². The molecular weight excluding hydrogens is 386 g/mol. The maximum absolute atomic E-state index is 13.8. The summed E-state index contributed by atoms with van der Waals surface area (Å²) in [6.07, 6.45) is 3.12. The molecule has 0 bridgehead atoms. The lowest BCUT2D eigenvalue weighted by molar-refractivity contribution is 0.0257. The van der Waals surface area contributed by atoms with Gasteiger partial charge in [0.05, 0.1) is 30.1 Å². The Bertz CT molecular complexity index is 1030. The summed E-state index contributed by atoms with van der Waals surface area (Å²) in [6.45, 7) is 6.24. The lowest BCUT2D eigenvalue weighted by atomic mass is 9.96. The van der Waals surface area contributed by atoms with Crippen LogP contribution in [0.5, 0.6) is 0 Å². The minimum atomic E-state index is -2.72. The van der Waals surface area contributed by atoms with E-state index >= 15 is 0 Å². The van der Waals surface area contributed by atoms with E-state index in [-0.39, 0.29) is 24.9 Å². The van der Waals surface area contributed by atoms with Crippen molar-refractivity contribution in [2.24, 2.45) is 0 Å². The number of nitrogens with zero attached hydrogens (tertiary/aromatic N) is 6. The van der Waals surface area contributed by atoms with Gasteiger partial charge < -0.3 is 9.47 Å². The van der Waals surface area contributed by atoms with Crippen LogP contribution in [0, 0.1) is 0 Å². The third kappa shape index (κ3) is 3.53. The molecule has 6 nitrogen and oxygen atoms in total. The number of pyridine rings is 1. The molecule has 148 valence electrons. The quantitative estimate of drug-likeness (QED) is 0.656. The van der Waals surface area contributed by atoms with Crippen molar-refractivity contribution in [3.63, 3.8) is 0 Å². The van der Waals surface area contributed by atoms with E-state index in [4.69, 9.17) is 16.6 Å². The molecule has 1 saturated heterocycles. The molecule has 1 aliphatic rings. The van der Waals surface area contributed by atoms with Crippen LogP contribution in [0.4, 0.5) is 14.6 Å². The SMILES string of the molecule is CC(C)(C)c1nc(N2CCC(F)(F)C2)c2ncn(Cc3ncccc3Cl)c2n1. The molecule has 0 aliphatic carbocycles. The van der Waals surface area contributed by atoms with Crippen LogP contribution >= 0.6 is 11.6 Å². The Hall–Kier alpha value is -2.35. The molecule has 0 saturated carbocycles. The Balaban J connectivity index is 1.84. The molecule has 0 radical (unpaired) electrons. The van der Waals surface area contributed by atoms with Gasteiger partial charge in [-0.15, -0.1) is 0 Å². The standard InChI is InChI=1S/C19H21ClF2N6/c1-18(2,3)17-25-15(27-8-6-19(21,22)10-27)14-16(26-17)28(11-24-14)9-13-12(20)5-4-7-23-13/h4-5,7,11H,6,8-10H2,1-3H3. The van der Waals surface area contributed by atoms with Crippen molar-refractivity contribution >= 4 is 28.6 Å². The second-order valence-electron chi connectivity index (χ2n) is 8.12. The fraction of sp³-hybridized carbons (Fsp3) is 0.474. The van der Waals surface area contributed by atoms with Gasteiger partial charge in [-0.1, -0.05) is 32.4 Å². The predicted molar refractivity (Wildman–Crippen MR) is 104 cm³/mol. The summed E-state index contributed by atoms with van der Waals surface area (Å²) in [5, 5.41) is 0.550. The number of imidazole rings is 1. The normalized spacial score (nSPS) is 16.9. The highest BCUT2D eigenvalue weighted by molar-refractivity contribution is 6.31. The fourth-order valence-electron chi connectivity index (χ4n) is 3.21. The van der Waals surface area contributed by atoms with Crippen molar-refractivity contribution in [2.45, 2.75) is 45.1 Å². The highest BCUT2D eigenvalue weighted by Gasteiger charge is 2.40. The first kappa shape index (κ1) is 19.0. The smallest absolute Gasteiger partial charge is 0.266 e. The second kappa shape index (κ2) is 6.62. The maximum atomic E-state index is 13.8. The zero-order chi connectivity index (χ0) is 20.1. The van der Waals surface area contributed by atoms with E-state index in [0.717, 1.165) is 0 Å². The predicted octanol–water partition coefficient (Wildman–Crippen LogP) is 4.07. The number of anilines is 1. The third-order valence-electron chi connectivity index (χ3n) is 4.74. The molecule has 0 unspecified atom stereocenters. The van der Waals surface area contributed by atoms with Gasteiger partial charge in [-0.05, 0) is 12.1 Å². The van der Waals surface area contributed by atoms with Gasteiger partial charge in [-0.2, -0.15) is 0 Å². The molecule has 0 N–H and O–H groups in total. The van der Waals surface area contributed by atoms with Crippen LogP contribution in [-0.4, -0.2) is 43.5 Å². The van der Waals surface area contributed by atoms with Crippen LogP contribution < -0.4 is 4.90 Å². The first-order valence-electron chi connectivity index (χ1n) is 9.10. The monoisotopic (exact) mass is 406 g/mol. The minimum Gasteiger partial charge on any atom is -0.348 e. The van der Waals surface area contributed by atoms with E-state index in [1.807, 2.05) is 25.3 Å². The summed E-state index contributed by atoms with van der Waals surface area (Å²) < 4.78 is 29.5. The van der Waals surface area contributed by atoms with Crippen LogP contribution in [0.1, 0.15) is 38.7 Å². The highest BCUT2D eigenvalue weighted by Crippen LogP contribution is 2.34. The topological polar surface area (TPSA) is 59.7 Å². The van der Waals surface area contributed by atoms with Gasteiger partial charge in [0.25, 0.3) is 5.92 Å². The Labute approximate surface area is 166 Å². The Morgan fingerprint density at radius 3 is 2.64 bits per heavy atom. The molecule has 3 aromatic rings. The van der Waals surface area contributed by atoms with Crippen LogP contribution in [-0.2, 0) is 12.0 Å². The first-order valence-corrected chi connectivity index (χ1v) is 9.47. The van der Waals surface area contributed by atoms with Gasteiger partial charge in [0.15, 0.2) is 17.0 Å². The molecule has 1 fully saturated rings. The molecule has 28 heavy (non-hydrogen) atoms. The van der Waals surface area contributed by atoms with Crippen LogP contribution in [0.3, 0.4) is 0 Å². The van der Waals surface area contributed by atoms with Crippen LogP contribution in [0.15, 0.2) is 24.7 Å². The molecule has 9 heteroatoms. The van der Waals surface area contributed by atoms with Gasteiger partial charge in [0, 0.05) is 24.6 Å². The average molecular weight is 407 g/mol. The molecule has 0 spiro atoms. The summed E-state index contributed by atoms with van der Waals surface area (Å²) in [6, 6.07) is 3.54. The third-order valence-corrected chi connectivity index (χ3v) is 5.08. The number of alkyl halides is 2. The van der Waals surface area contributed by atoms with E-state index in [1.165, 1.54) is 0 Å². The van der Waals surface area contributed by atoms with Crippen molar-refractivity contribution in [1.29, 1.82) is 0 Å². The van der Waals surface area contributed by atoms with Crippen molar-refractivity contribution in [3.8, 4) is 0 Å². The molecular formula is C19H21ClF2N6. The van der Waals surface area contributed by atoms with E-state index in [9.17, 15) is 8.78 Å². The number of fused-ring (bicyclic) bond motifs is 1. The molecule has 0 aromatic carbocycles. The highest BCUT2D eigenvalue weighted by atomic mass is 35.5. The molecule has 0 amide bonds. The second-order valence-corrected chi connectivity index (χ2v) is 8.53. The Morgan fingerprint density at radius 1 is 1.21 bits per heavy atom. The van der Waals surface area contributed by atoms with Gasteiger partial charge in [-0.3, -0.25) is 4.98 Å².